The smallest absolute Gasteiger partial charge is 0.485 e. The van der Waals surface area contributed by atoms with Gasteiger partial charge in [0.15, 0.2) is 16.7 Å². The summed E-state index contributed by atoms with van der Waals surface area (Å²) in [7, 11) is -2.76. The number of benzene rings is 1. The van der Waals surface area contributed by atoms with E-state index in [2.05, 4.69) is 4.99 Å². The molecule has 0 unspecified atom stereocenters. The zero-order chi connectivity index (χ0) is 16.3. The summed E-state index contributed by atoms with van der Waals surface area (Å²) in [6.45, 7) is 0.836. The monoisotopic (exact) mass is 327 g/mol. The number of methoxy groups -OCH3 is 2. The van der Waals surface area contributed by atoms with Gasteiger partial charge in [0.25, 0.3) is 0 Å². The molecule has 0 amide bonds. The summed E-state index contributed by atoms with van der Waals surface area (Å²) in [6, 6.07) is 5.99. The van der Waals surface area contributed by atoms with Gasteiger partial charge in [0.2, 0.25) is 0 Å². The molecule has 1 aliphatic rings. The van der Waals surface area contributed by atoms with Crippen LogP contribution >= 0.6 is 0 Å². The van der Waals surface area contributed by atoms with Crippen molar-refractivity contribution in [2.75, 3.05) is 14.2 Å². The van der Waals surface area contributed by atoms with Crippen molar-refractivity contribution in [2.24, 2.45) is 0 Å². The SMILES string of the molecule is COC1=[NH+]Cc2ccc(OC)cc21.O=S(=O)([O-])C(F)(F)F. The van der Waals surface area contributed by atoms with Crippen LogP contribution in [0.1, 0.15) is 11.1 Å². The second-order valence-corrected chi connectivity index (χ2v) is 5.18. The molecule has 118 valence electrons. The molecule has 0 bridgehead atoms. The molecule has 0 radical (unpaired) electrons. The number of fused-ring (bicyclic) bond motifs is 1. The lowest BCUT2D eigenvalue weighted by atomic mass is 10.1. The van der Waals surface area contributed by atoms with Gasteiger partial charge in [-0.05, 0) is 18.2 Å². The van der Waals surface area contributed by atoms with E-state index in [0.717, 1.165) is 23.8 Å². The van der Waals surface area contributed by atoms with Crippen molar-refractivity contribution in [3.63, 3.8) is 0 Å². The van der Waals surface area contributed by atoms with Crippen LogP contribution in [0.15, 0.2) is 18.2 Å². The summed E-state index contributed by atoms with van der Waals surface area (Å²) in [6.07, 6.45) is 0. The van der Waals surface area contributed by atoms with Crippen molar-refractivity contribution in [1.82, 2.24) is 0 Å². The molecular weight excluding hydrogens is 315 g/mol. The van der Waals surface area contributed by atoms with Crippen molar-refractivity contribution in [2.45, 2.75) is 12.1 Å². The van der Waals surface area contributed by atoms with Crippen molar-refractivity contribution in [3.05, 3.63) is 29.3 Å². The van der Waals surface area contributed by atoms with Crippen LogP contribution in [0.2, 0.25) is 0 Å². The average molecular weight is 327 g/mol. The normalized spacial score (nSPS) is 13.7. The van der Waals surface area contributed by atoms with Crippen LogP contribution in [-0.2, 0) is 21.4 Å². The topological polar surface area (TPSA) is 89.6 Å². The van der Waals surface area contributed by atoms with E-state index in [1.54, 1.807) is 14.2 Å². The fraction of sp³-hybridized carbons (Fsp3) is 0.364. The number of ether oxygens (including phenoxy) is 2. The summed E-state index contributed by atoms with van der Waals surface area (Å²) < 4.78 is 69.2. The second-order valence-electron chi connectivity index (χ2n) is 3.81. The molecule has 21 heavy (non-hydrogen) atoms. The molecule has 0 fully saturated rings. The number of hydrogen-bond acceptors (Lipinski definition) is 5. The van der Waals surface area contributed by atoms with Gasteiger partial charge in [-0.1, -0.05) is 0 Å². The zero-order valence-electron chi connectivity index (χ0n) is 11.0. The van der Waals surface area contributed by atoms with E-state index in [0.29, 0.717) is 0 Å². The van der Waals surface area contributed by atoms with Crippen molar-refractivity contribution >= 4 is 16.0 Å². The molecule has 1 aromatic carbocycles. The van der Waals surface area contributed by atoms with Crippen LogP contribution in [0.4, 0.5) is 13.2 Å². The summed E-state index contributed by atoms with van der Waals surface area (Å²) in [5, 5.41) is 0. The standard InChI is InChI=1S/C10H11NO2.CHF3O3S/c1-12-8-4-3-7-6-11-10(13-2)9(7)5-8;2-1(3,4)8(5,6)7/h3-5H,6H2,1-2H3;(H,5,6,7). The number of halogens is 3. The largest absolute Gasteiger partial charge is 0.741 e. The number of rotatable bonds is 1. The van der Waals surface area contributed by atoms with Crippen molar-refractivity contribution in [3.8, 4) is 5.75 Å². The minimum Gasteiger partial charge on any atom is -0.741 e. The highest BCUT2D eigenvalue weighted by molar-refractivity contribution is 7.86. The number of alkyl halides is 3. The van der Waals surface area contributed by atoms with Gasteiger partial charge in [0.05, 0.1) is 19.8 Å². The van der Waals surface area contributed by atoms with Crippen LogP contribution in [0.25, 0.3) is 0 Å². The number of nitrogens with one attached hydrogen (secondary N) is 1. The van der Waals surface area contributed by atoms with Crippen LogP contribution in [0, 0.1) is 0 Å². The Bertz CT molecular complexity index is 640. The molecule has 0 atom stereocenters. The van der Waals surface area contributed by atoms with Gasteiger partial charge in [0.1, 0.15) is 5.75 Å². The minimum atomic E-state index is -6.09. The van der Waals surface area contributed by atoms with Crippen LogP contribution in [0.5, 0.6) is 5.75 Å². The van der Waals surface area contributed by atoms with Gasteiger partial charge in [-0.3, -0.25) is 0 Å². The van der Waals surface area contributed by atoms with Gasteiger partial charge < -0.3 is 14.0 Å². The third-order valence-electron chi connectivity index (χ3n) is 2.49. The molecule has 1 aromatic rings. The molecule has 0 aromatic heterocycles. The first-order valence-electron chi connectivity index (χ1n) is 5.44. The quantitative estimate of drug-likeness (QED) is 0.567. The molecule has 6 nitrogen and oxygen atoms in total. The molecular formula is C11H12F3NO5S. The molecule has 1 heterocycles. The number of hydrogen-bond donors (Lipinski definition) is 1. The molecule has 1 N–H and O–H groups in total. The van der Waals surface area contributed by atoms with Crippen LogP contribution < -0.4 is 9.73 Å². The van der Waals surface area contributed by atoms with Gasteiger partial charge in [-0.2, -0.15) is 13.2 Å². The van der Waals surface area contributed by atoms with Gasteiger partial charge in [-0.25, -0.2) is 13.4 Å². The van der Waals surface area contributed by atoms with E-state index in [1.165, 1.54) is 5.56 Å². The Hall–Kier alpha value is -1.81. The van der Waals surface area contributed by atoms with Gasteiger partial charge in [0, 0.05) is 5.56 Å². The highest BCUT2D eigenvalue weighted by Crippen LogP contribution is 2.20. The molecule has 1 aliphatic heterocycles. The van der Waals surface area contributed by atoms with E-state index < -0.39 is 15.6 Å². The van der Waals surface area contributed by atoms with Crippen molar-refractivity contribution < 1.29 is 40.6 Å². The summed E-state index contributed by atoms with van der Waals surface area (Å²) in [4.78, 5) is 3.16. The average Bonchev–Trinajstić information content (AvgIpc) is 2.78. The van der Waals surface area contributed by atoms with E-state index in [9.17, 15) is 13.2 Å². The molecule has 0 saturated heterocycles. The maximum Gasteiger partial charge on any atom is 0.485 e. The van der Waals surface area contributed by atoms with Crippen LogP contribution in [-0.4, -0.2) is 38.6 Å². The van der Waals surface area contributed by atoms with E-state index in [4.69, 9.17) is 22.4 Å². The lowest BCUT2D eigenvalue weighted by Crippen LogP contribution is -2.68. The lowest BCUT2D eigenvalue weighted by molar-refractivity contribution is -0.478. The first-order valence-corrected chi connectivity index (χ1v) is 6.85. The van der Waals surface area contributed by atoms with Gasteiger partial charge >= 0.3 is 11.4 Å². The Morgan fingerprint density at radius 2 is 1.81 bits per heavy atom. The van der Waals surface area contributed by atoms with E-state index in [1.807, 2.05) is 18.2 Å². The Morgan fingerprint density at radius 1 is 1.24 bits per heavy atom. The highest BCUT2D eigenvalue weighted by atomic mass is 32.2. The Balaban J connectivity index is 0.000000240. The first-order chi connectivity index (χ1) is 9.60. The predicted octanol–water partition coefficient (Wildman–Crippen LogP) is -0.266. The molecule has 10 heteroatoms. The highest BCUT2D eigenvalue weighted by Gasteiger charge is 2.36. The Morgan fingerprint density at radius 3 is 2.24 bits per heavy atom. The minimum absolute atomic E-state index is 0.828. The van der Waals surface area contributed by atoms with E-state index in [-0.39, 0.29) is 0 Å². The third-order valence-corrected chi connectivity index (χ3v) is 3.06. The van der Waals surface area contributed by atoms with Crippen molar-refractivity contribution in [1.29, 1.82) is 0 Å². The zero-order valence-corrected chi connectivity index (χ0v) is 11.8. The Kier molecular flexibility index (Phi) is 5.18. The maximum atomic E-state index is 10.7. The Labute approximate surface area is 119 Å². The summed E-state index contributed by atoms with van der Waals surface area (Å²) in [5.74, 6) is 1.69. The first kappa shape index (κ1) is 17.2. The second kappa shape index (κ2) is 6.31. The fourth-order valence-electron chi connectivity index (χ4n) is 1.50. The van der Waals surface area contributed by atoms with E-state index >= 15 is 0 Å². The van der Waals surface area contributed by atoms with Crippen LogP contribution in [0.3, 0.4) is 0 Å². The fourth-order valence-corrected chi connectivity index (χ4v) is 1.50. The molecule has 0 saturated carbocycles. The summed E-state index contributed by atoms with van der Waals surface area (Å²) >= 11 is 0. The molecule has 0 aliphatic carbocycles. The van der Waals surface area contributed by atoms with Gasteiger partial charge in [-0.15, -0.1) is 0 Å². The molecule has 2 rings (SSSR count). The summed E-state index contributed by atoms with van der Waals surface area (Å²) in [5.41, 5.74) is -3.30. The predicted molar refractivity (Wildman–Crippen MR) is 64.5 cm³/mol. The lowest BCUT2D eigenvalue weighted by Gasteiger charge is -2.08. The molecule has 0 spiro atoms. The maximum absolute atomic E-state index is 10.7. The third kappa shape index (κ3) is 4.33.